The molecule has 0 saturated carbocycles. The van der Waals surface area contributed by atoms with Gasteiger partial charge in [0.05, 0.1) is 17.8 Å². The minimum atomic E-state index is -0.105. The van der Waals surface area contributed by atoms with Crippen LogP contribution in [0, 0.1) is 12.8 Å². The highest BCUT2D eigenvalue weighted by Gasteiger charge is 2.28. The molecule has 0 fully saturated rings. The number of nitrogens with one attached hydrogen (secondary N) is 1. The lowest BCUT2D eigenvalue weighted by atomic mass is 9.96. The summed E-state index contributed by atoms with van der Waals surface area (Å²) in [5, 5.41) is 0. The Morgan fingerprint density at radius 1 is 1.25 bits per heavy atom. The zero-order valence-electron chi connectivity index (χ0n) is 17.3. The van der Waals surface area contributed by atoms with Crippen LogP contribution in [0.5, 0.6) is 0 Å². The number of benzene rings is 1. The van der Waals surface area contributed by atoms with Crippen LogP contribution < -0.4 is 5.56 Å². The number of carbonyl (C=O) groups is 1. The van der Waals surface area contributed by atoms with E-state index in [9.17, 15) is 9.59 Å². The Hall–Kier alpha value is -2.43. The first-order valence-electron chi connectivity index (χ1n) is 10.5. The molecule has 5 nitrogen and oxygen atoms in total. The number of rotatable bonds is 7. The van der Waals surface area contributed by atoms with Crippen LogP contribution in [0.3, 0.4) is 0 Å². The third-order valence-electron chi connectivity index (χ3n) is 5.67. The maximum atomic E-state index is 12.9. The SMILES string of the molecule is CCCC[C@H](CC)C(=O)N1CCc2nc(Cc3ccc(C)cc3)[nH]c(=O)c2C1. The van der Waals surface area contributed by atoms with Gasteiger partial charge in [-0.05, 0) is 25.3 Å². The van der Waals surface area contributed by atoms with Crippen molar-refractivity contribution in [3.8, 4) is 0 Å². The first-order valence-corrected chi connectivity index (χ1v) is 10.5. The van der Waals surface area contributed by atoms with Crippen LogP contribution in [0.2, 0.25) is 0 Å². The molecule has 0 saturated heterocycles. The number of fused-ring (bicyclic) bond motifs is 1. The topological polar surface area (TPSA) is 66.1 Å². The number of unbranched alkanes of at least 4 members (excludes halogenated alkanes) is 1. The van der Waals surface area contributed by atoms with Gasteiger partial charge in [0, 0.05) is 25.3 Å². The molecule has 1 amide bonds. The zero-order valence-corrected chi connectivity index (χ0v) is 17.3. The van der Waals surface area contributed by atoms with Crippen LogP contribution in [-0.2, 0) is 24.2 Å². The Bertz CT molecular complexity index is 870. The van der Waals surface area contributed by atoms with Crippen molar-refractivity contribution in [3.63, 3.8) is 0 Å². The Kier molecular flexibility index (Phi) is 6.65. The minimum Gasteiger partial charge on any atom is -0.337 e. The lowest BCUT2D eigenvalue weighted by Crippen LogP contribution is -2.42. The van der Waals surface area contributed by atoms with Gasteiger partial charge >= 0.3 is 0 Å². The molecule has 0 radical (unpaired) electrons. The average Bonchev–Trinajstić information content (AvgIpc) is 2.70. The van der Waals surface area contributed by atoms with Crippen LogP contribution in [0.15, 0.2) is 29.1 Å². The molecular formula is C23H31N3O2. The molecule has 1 N–H and O–H groups in total. The molecule has 5 heteroatoms. The molecule has 28 heavy (non-hydrogen) atoms. The second-order valence-corrected chi connectivity index (χ2v) is 7.86. The molecule has 0 unspecified atom stereocenters. The van der Waals surface area contributed by atoms with Gasteiger partial charge in [-0.3, -0.25) is 9.59 Å². The predicted molar refractivity (Wildman–Crippen MR) is 111 cm³/mol. The molecule has 2 aromatic rings. The molecule has 1 aromatic carbocycles. The molecule has 3 rings (SSSR count). The van der Waals surface area contributed by atoms with Gasteiger partial charge in [0.2, 0.25) is 5.91 Å². The number of nitrogens with zero attached hydrogens (tertiary/aromatic N) is 2. The van der Waals surface area contributed by atoms with Gasteiger partial charge in [-0.25, -0.2) is 4.98 Å². The van der Waals surface area contributed by atoms with E-state index in [0.717, 1.165) is 36.9 Å². The molecular weight excluding hydrogens is 350 g/mol. The summed E-state index contributed by atoms with van der Waals surface area (Å²) in [6.45, 7) is 7.30. The van der Waals surface area contributed by atoms with Crippen LogP contribution in [0.25, 0.3) is 0 Å². The molecule has 1 atom stereocenters. The highest BCUT2D eigenvalue weighted by Crippen LogP contribution is 2.21. The van der Waals surface area contributed by atoms with Crippen molar-refractivity contribution in [1.82, 2.24) is 14.9 Å². The molecule has 0 spiro atoms. The van der Waals surface area contributed by atoms with Crippen molar-refractivity contribution in [2.24, 2.45) is 5.92 Å². The fraction of sp³-hybridized carbons (Fsp3) is 0.522. The highest BCUT2D eigenvalue weighted by atomic mass is 16.2. The standard InChI is InChI=1S/C23H31N3O2/c1-4-6-7-18(5-2)23(28)26-13-12-20-19(15-26)22(27)25-21(24-20)14-17-10-8-16(3)9-11-17/h8-11,18H,4-7,12-15H2,1-3H3,(H,24,25,27)/t18-/m0/s1. The summed E-state index contributed by atoms with van der Waals surface area (Å²) in [6.07, 6.45) is 5.21. The van der Waals surface area contributed by atoms with Crippen molar-refractivity contribution < 1.29 is 4.79 Å². The molecule has 2 heterocycles. The Labute approximate surface area is 167 Å². The summed E-state index contributed by atoms with van der Waals surface area (Å²) in [6, 6.07) is 8.27. The summed E-state index contributed by atoms with van der Waals surface area (Å²) >= 11 is 0. The fourth-order valence-corrected chi connectivity index (χ4v) is 3.86. The molecule has 1 aliphatic rings. The third-order valence-corrected chi connectivity index (χ3v) is 5.67. The summed E-state index contributed by atoms with van der Waals surface area (Å²) in [5.41, 5.74) is 3.73. The molecule has 150 valence electrons. The van der Waals surface area contributed by atoms with Gasteiger partial charge in [-0.15, -0.1) is 0 Å². The van der Waals surface area contributed by atoms with Crippen LogP contribution in [-0.4, -0.2) is 27.3 Å². The zero-order chi connectivity index (χ0) is 20.1. The first kappa shape index (κ1) is 20.3. The Balaban J connectivity index is 1.74. The molecule has 0 aliphatic carbocycles. The van der Waals surface area contributed by atoms with E-state index in [2.05, 4.69) is 50.0 Å². The number of amides is 1. The van der Waals surface area contributed by atoms with Crippen molar-refractivity contribution in [2.45, 2.75) is 65.8 Å². The first-order chi connectivity index (χ1) is 13.5. The Morgan fingerprint density at radius 2 is 2.00 bits per heavy atom. The maximum Gasteiger partial charge on any atom is 0.256 e. The number of aromatic amines is 1. The number of hydrogen-bond donors (Lipinski definition) is 1. The van der Waals surface area contributed by atoms with E-state index in [0.29, 0.717) is 37.3 Å². The number of H-pyrrole nitrogens is 1. The largest absolute Gasteiger partial charge is 0.337 e. The quantitative estimate of drug-likeness (QED) is 0.794. The van der Waals surface area contributed by atoms with Crippen LogP contribution in [0.4, 0.5) is 0 Å². The molecule has 0 bridgehead atoms. The number of carbonyl (C=O) groups excluding carboxylic acids is 1. The lowest BCUT2D eigenvalue weighted by Gasteiger charge is -2.31. The number of aromatic nitrogens is 2. The minimum absolute atomic E-state index is 0.0642. The smallest absolute Gasteiger partial charge is 0.256 e. The molecule has 1 aromatic heterocycles. The van der Waals surface area contributed by atoms with E-state index >= 15 is 0 Å². The number of hydrogen-bond acceptors (Lipinski definition) is 3. The summed E-state index contributed by atoms with van der Waals surface area (Å²) in [5.74, 6) is 0.945. The normalized spacial score (nSPS) is 14.6. The third kappa shape index (κ3) is 4.70. The van der Waals surface area contributed by atoms with Gasteiger partial charge in [-0.1, -0.05) is 56.5 Å². The summed E-state index contributed by atoms with van der Waals surface area (Å²) in [7, 11) is 0. The van der Waals surface area contributed by atoms with Gasteiger partial charge < -0.3 is 9.88 Å². The highest BCUT2D eigenvalue weighted by molar-refractivity contribution is 5.79. The molecule has 1 aliphatic heterocycles. The monoisotopic (exact) mass is 381 g/mol. The van der Waals surface area contributed by atoms with E-state index in [1.54, 1.807) is 0 Å². The average molecular weight is 382 g/mol. The lowest BCUT2D eigenvalue weighted by molar-refractivity contribution is -0.136. The van der Waals surface area contributed by atoms with E-state index in [1.807, 2.05) is 4.90 Å². The van der Waals surface area contributed by atoms with Crippen molar-refractivity contribution in [1.29, 1.82) is 0 Å². The fourth-order valence-electron chi connectivity index (χ4n) is 3.86. The Morgan fingerprint density at radius 3 is 2.68 bits per heavy atom. The van der Waals surface area contributed by atoms with E-state index < -0.39 is 0 Å². The van der Waals surface area contributed by atoms with Crippen molar-refractivity contribution in [3.05, 3.63) is 62.8 Å². The van der Waals surface area contributed by atoms with Gasteiger partial charge in [0.15, 0.2) is 0 Å². The van der Waals surface area contributed by atoms with Gasteiger partial charge in [0.1, 0.15) is 5.82 Å². The van der Waals surface area contributed by atoms with Gasteiger partial charge in [0.25, 0.3) is 5.56 Å². The van der Waals surface area contributed by atoms with E-state index in [4.69, 9.17) is 4.98 Å². The maximum absolute atomic E-state index is 12.9. The van der Waals surface area contributed by atoms with E-state index in [1.165, 1.54) is 5.56 Å². The van der Waals surface area contributed by atoms with Crippen LogP contribution in [0.1, 0.15) is 67.7 Å². The predicted octanol–water partition coefficient (Wildman–Crippen LogP) is 3.77. The second-order valence-electron chi connectivity index (χ2n) is 7.86. The number of aryl methyl sites for hydroxylation is 1. The van der Waals surface area contributed by atoms with Crippen LogP contribution >= 0.6 is 0 Å². The van der Waals surface area contributed by atoms with Gasteiger partial charge in [-0.2, -0.15) is 0 Å². The van der Waals surface area contributed by atoms with E-state index in [-0.39, 0.29) is 17.4 Å². The summed E-state index contributed by atoms with van der Waals surface area (Å²) < 4.78 is 0. The summed E-state index contributed by atoms with van der Waals surface area (Å²) in [4.78, 5) is 35.0. The second kappa shape index (κ2) is 9.18. The van der Waals surface area contributed by atoms with Crippen molar-refractivity contribution >= 4 is 5.91 Å². The van der Waals surface area contributed by atoms with Crippen molar-refractivity contribution in [2.75, 3.05) is 6.54 Å².